The van der Waals surface area contributed by atoms with Crippen molar-refractivity contribution in [2.75, 3.05) is 0 Å². The van der Waals surface area contributed by atoms with E-state index in [0.717, 1.165) is 59.5 Å². The van der Waals surface area contributed by atoms with Crippen LogP contribution in [0.4, 0.5) is 0 Å². The first-order valence-corrected chi connectivity index (χ1v) is 15.6. The summed E-state index contributed by atoms with van der Waals surface area (Å²) in [5, 5.41) is 2.91. The molecular formula is C39H37IrN3OS-2. The van der Waals surface area contributed by atoms with Crippen molar-refractivity contribution in [3.63, 3.8) is 0 Å². The summed E-state index contributed by atoms with van der Waals surface area (Å²) >= 11 is 1.51. The Morgan fingerprint density at radius 3 is 2.42 bits per heavy atom. The first-order valence-electron chi connectivity index (χ1n) is 15.8. The largest absolute Gasteiger partial charge is 0.486 e. The molecular weight excluding hydrogens is 751 g/mol. The Morgan fingerprint density at radius 1 is 0.911 bits per heavy atom. The molecule has 0 spiro atoms. The number of aryl methyl sites for hydroxylation is 5. The minimum atomic E-state index is -1.46. The summed E-state index contributed by atoms with van der Waals surface area (Å²) in [6.07, 6.45) is 2.23. The fourth-order valence-electron chi connectivity index (χ4n) is 5.17. The molecule has 7 rings (SSSR count). The molecule has 1 radical (unpaired) electrons. The molecule has 0 aliphatic heterocycles. The van der Waals surface area contributed by atoms with Crippen molar-refractivity contribution in [1.29, 1.82) is 0 Å². The zero-order chi connectivity index (χ0) is 33.0. The predicted molar refractivity (Wildman–Crippen MR) is 184 cm³/mol. The third kappa shape index (κ3) is 6.79. The number of pyridine rings is 3. The molecule has 6 heteroatoms. The van der Waals surface area contributed by atoms with Gasteiger partial charge in [-0.3, -0.25) is 0 Å². The molecule has 0 amide bonds. The molecule has 0 aliphatic rings. The fourth-order valence-corrected chi connectivity index (χ4v) is 6.48. The number of fused-ring (bicyclic) bond motifs is 4. The Balaban J connectivity index is 0.000000228. The Bertz CT molecular complexity index is 2230. The molecule has 45 heavy (non-hydrogen) atoms. The zero-order valence-corrected chi connectivity index (χ0v) is 30.1. The number of hydrogen-bond donors (Lipinski definition) is 0. The number of furan rings is 1. The van der Waals surface area contributed by atoms with Crippen LogP contribution in [-0.4, -0.2) is 15.0 Å². The molecule has 0 saturated carbocycles. The second kappa shape index (κ2) is 13.0. The molecule has 2 aromatic carbocycles. The molecule has 5 heterocycles. The Kier molecular flexibility index (Phi) is 8.63. The van der Waals surface area contributed by atoms with E-state index in [1.165, 1.54) is 28.0 Å². The first-order chi connectivity index (χ1) is 21.8. The van der Waals surface area contributed by atoms with Crippen molar-refractivity contribution in [3.05, 3.63) is 112 Å². The van der Waals surface area contributed by atoms with E-state index in [2.05, 4.69) is 61.1 Å². The van der Waals surface area contributed by atoms with Gasteiger partial charge in [-0.05, 0) is 79.9 Å². The number of aromatic nitrogens is 3. The van der Waals surface area contributed by atoms with Crippen molar-refractivity contribution in [2.24, 2.45) is 5.41 Å². The number of hydrogen-bond acceptors (Lipinski definition) is 5. The summed E-state index contributed by atoms with van der Waals surface area (Å²) in [6, 6.07) is 24.7. The Labute approximate surface area is 286 Å². The van der Waals surface area contributed by atoms with Gasteiger partial charge in [0.2, 0.25) is 5.71 Å². The Morgan fingerprint density at radius 2 is 1.71 bits per heavy atom. The summed E-state index contributed by atoms with van der Waals surface area (Å²) in [5.41, 5.74) is 9.95. The molecule has 0 N–H and O–H groups in total. The van der Waals surface area contributed by atoms with Gasteiger partial charge in [0.25, 0.3) is 0 Å². The van der Waals surface area contributed by atoms with Crippen LogP contribution >= 0.6 is 11.3 Å². The monoisotopic (exact) mass is 790 g/mol. The molecule has 4 nitrogen and oxygen atoms in total. The number of nitrogens with zero attached hydrogens (tertiary/aromatic N) is 3. The topological polar surface area (TPSA) is 51.8 Å². The minimum Gasteiger partial charge on any atom is -0.486 e. The molecule has 7 aromatic rings. The zero-order valence-electron chi connectivity index (χ0n) is 28.8. The summed E-state index contributed by atoms with van der Waals surface area (Å²) in [6.45, 7) is 16.0. The molecule has 5 aromatic heterocycles. The molecule has 0 fully saturated rings. The van der Waals surface area contributed by atoms with Gasteiger partial charge in [-0.1, -0.05) is 50.3 Å². The van der Waals surface area contributed by atoms with Gasteiger partial charge in [0.1, 0.15) is 0 Å². The quantitative estimate of drug-likeness (QED) is 0.167. The second-order valence-corrected chi connectivity index (χ2v) is 13.5. The van der Waals surface area contributed by atoms with E-state index in [1.807, 2.05) is 77.2 Å². The average Bonchev–Trinajstić information content (AvgIpc) is 3.56. The van der Waals surface area contributed by atoms with Crippen LogP contribution in [0, 0.1) is 52.2 Å². The molecule has 231 valence electrons. The van der Waals surface area contributed by atoms with Gasteiger partial charge < -0.3 is 14.4 Å². The summed E-state index contributed by atoms with van der Waals surface area (Å²) in [4.78, 5) is 14.4. The summed E-state index contributed by atoms with van der Waals surface area (Å²) in [5.74, 6) is 0. The van der Waals surface area contributed by atoms with Crippen LogP contribution in [0.2, 0.25) is 0 Å². The van der Waals surface area contributed by atoms with E-state index in [-0.39, 0.29) is 20.1 Å². The van der Waals surface area contributed by atoms with Crippen molar-refractivity contribution < 1.29 is 27.3 Å². The van der Waals surface area contributed by atoms with Crippen LogP contribution < -0.4 is 0 Å². The first kappa shape index (κ1) is 30.0. The SMILES string of the molecule is Cc1c[c-]c(-c2cc(C)c(C)cn2)cc1.[2H]C([2H])(c1sc2ccnc(-c3[c-]ccc4c3oc3nc(C)ccc34)c2c1C)C(C)(C)C.[Ir]. The molecule has 0 atom stereocenters. The second-order valence-electron chi connectivity index (χ2n) is 12.4. The third-order valence-electron chi connectivity index (χ3n) is 7.62. The third-order valence-corrected chi connectivity index (χ3v) is 8.79. The van der Waals surface area contributed by atoms with E-state index in [1.54, 1.807) is 6.20 Å². The van der Waals surface area contributed by atoms with Gasteiger partial charge in [-0.25, -0.2) is 4.98 Å². The Hall–Kier alpha value is -3.70. The maximum Gasteiger partial charge on any atom is 0.216 e. The van der Waals surface area contributed by atoms with Gasteiger partial charge in [0.05, 0.1) is 5.58 Å². The van der Waals surface area contributed by atoms with Crippen molar-refractivity contribution in [1.82, 2.24) is 15.0 Å². The maximum atomic E-state index is 8.81. The smallest absolute Gasteiger partial charge is 0.216 e. The number of benzene rings is 2. The summed E-state index contributed by atoms with van der Waals surface area (Å²) < 4.78 is 24.8. The van der Waals surface area contributed by atoms with Gasteiger partial charge in [-0.15, -0.1) is 64.9 Å². The molecule has 0 unspecified atom stereocenters. The van der Waals surface area contributed by atoms with Crippen molar-refractivity contribution in [3.8, 4) is 22.5 Å². The molecule has 0 bridgehead atoms. The van der Waals surface area contributed by atoms with E-state index >= 15 is 0 Å². The van der Waals surface area contributed by atoms with Gasteiger partial charge in [0, 0.05) is 61.6 Å². The van der Waals surface area contributed by atoms with Crippen molar-refractivity contribution in [2.45, 2.75) is 61.8 Å². The van der Waals surface area contributed by atoms with Crippen molar-refractivity contribution >= 4 is 43.5 Å². The number of thiophene rings is 1. The molecule has 0 aliphatic carbocycles. The van der Waals surface area contributed by atoms with Crippen LogP contribution in [0.15, 0.2) is 71.4 Å². The predicted octanol–water partition coefficient (Wildman–Crippen LogP) is 10.7. The van der Waals surface area contributed by atoms with Gasteiger partial charge >= 0.3 is 0 Å². The fraction of sp³-hybridized carbons (Fsp3) is 0.256. The normalized spacial score (nSPS) is 12.4. The van der Waals surface area contributed by atoms with E-state index in [0.29, 0.717) is 11.3 Å². The van der Waals surface area contributed by atoms with Crippen LogP contribution in [0.25, 0.3) is 54.7 Å². The average molecular weight is 790 g/mol. The van der Waals surface area contributed by atoms with Crippen LogP contribution in [0.1, 0.15) is 56.3 Å². The van der Waals surface area contributed by atoms with Crippen LogP contribution in [0.5, 0.6) is 0 Å². The maximum absolute atomic E-state index is 8.81. The number of rotatable bonds is 3. The van der Waals surface area contributed by atoms with Gasteiger partial charge in [-0.2, -0.15) is 0 Å². The minimum absolute atomic E-state index is 0. The van der Waals surface area contributed by atoms with Crippen LogP contribution in [0.3, 0.4) is 0 Å². The van der Waals surface area contributed by atoms with E-state index in [9.17, 15) is 0 Å². The molecule has 0 saturated heterocycles. The van der Waals surface area contributed by atoms with E-state index in [4.69, 9.17) is 12.1 Å². The van der Waals surface area contributed by atoms with Crippen LogP contribution in [-0.2, 0) is 26.5 Å². The summed E-state index contributed by atoms with van der Waals surface area (Å²) in [7, 11) is 0. The van der Waals surface area contributed by atoms with Gasteiger partial charge in [0.15, 0.2) is 0 Å². The standard InChI is InChI=1S/C25H23N2OS.C14H14N.Ir/c1-14-9-10-17-16-7-6-8-18(23(16)28-24(17)27-14)22-21-15(2)20(13-25(3,4)5)29-19(21)11-12-26-22;1-10-4-6-13(7-5-10)14-8-11(2)12(3)9-15-14;/h6-7,9-12H,13H2,1-5H3;4-6,8-9H,1-3H3;/q2*-1;/i13D2;;. The van der Waals surface area contributed by atoms with E-state index < -0.39 is 11.8 Å².